The fourth-order valence-corrected chi connectivity index (χ4v) is 4.37. The first-order valence-electron chi connectivity index (χ1n) is 10.6. The number of nitriles is 2. The minimum absolute atomic E-state index is 0.358. The van der Waals surface area contributed by atoms with Gasteiger partial charge in [-0.1, -0.05) is 17.7 Å². The van der Waals surface area contributed by atoms with E-state index in [-0.39, 0.29) is 0 Å². The standard InChI is InChI=1S/C26H16ClN5O/c27-21-9-8-19-23(30-21)20-10-17(33-13-14-4-5-14)6-7-18(20)24-25(19)32-26(31-24)22-15(11-28)2-1-3-16(22)12-29/h1-3,6-10,14,30H,4-5,13H2. The molecule has 0 bridgehead atoms. The van der Waals surface area contributed by atoms with Gasteiger partial charge in [0.2, 0.25) is 0 Å². The van der Waals surface area contributed by atoms with Crippen LogP contribution in [-0.4, -0.2) is 21.6 Å². The Morgan fingerprint density at radius 3 is 2.33 bits per heavy atom. The fourth-order valence-electron chi connectivity index (χ4n) is 4.21. The summed E-state index contributed by atoms with van der Waals surface area (Å²) >= 11 is 6.31. The Bertz CT molecular complexity index is 1640. The van der Waals surface area contributed by atoms with Gasteiger partial charge in [-0.3, -0.25) is 0 Å². The molecule has 3 aromatic carbocycles. The van der Waals surface area contributed by atoms with Gasteiger partial charge in [0.15, 0.2) is 5.82 Å². The Labute approximate surface area is 194 Å². The maximum atomic E-state index is 9.62. The highest BCUT2D eigenvalue weighted by Crippen LogP contribution is 2.38. The highest BCUT2D eigenvalue weighted by Gasteiger charge is 2.23. The Hall–Kier alpha value is -4.13. The normalized spacial score (nSPS) is 13.3. The summed E-state index contributed by atoms with van der Waals surface area (Å²) in [6.07, 6.45) is 2.45. The van der Waals surface area contributed by atoms with Crippen LogP contribution < -0.4 is 4.74 Å². The van der Waals surface area contributed by atoms with Crippen LogP contribution in [0.1, 0.15) is 24.0 Å². The summed E-state index contributed by atoms with van der Waals surface area (Å²) < 4.78 is 6.01. The van der Waals surface area contributed by atoms with Crippen molar-refractivity contribution in [2.75, 3.05) is 6.61 Å². The van der Waals surface area contributed by atoms with Crippen LogP contribution in [0.3, 0.4) is 0 Å². The molecule has 0 aliphatic heterocycles. The van der Waals surface area contributed by atoms with Crippen molar-refractivity contribution in [2.24, 2.45) is 5.92 Å². The molecule has 1 saturated carbocycles. The molecule has 158 valence electrons. The Morgan fingerprint density at radius 2 is 1.64 bits per heavy atom. The predicted molar refractivity (Wildman–Crippen MR) is 127 cm³/mol. The molecule has 2 heterocycles. The number of nitrogens with zero attached hydrogens (tertiary/aromatic N) is 4. The molecule has 2 aromatic heterocycles. The van der Waals surface area contributed by atoms with E-state index in [9.17, 15) is 10.5 Å². The number of halogens is 1. The molecule has 1 aliphatic carbocycles. The van der Waals surface area contributed by atoms with Gasteiger partial charge in [0, 0.05) is 16.2 Å². The number of fused-ring (bicyclic) bond motifs is 6. The van der Waals surface area contributed by atoms with Gasteiger partial charge in [0.1, 0.15) is 16.4 Å². The molecule has 1 N–H and O–H groups in total. The largest absolute Gasteiger partial charge is 0.493 e. The van der Waals surface area contributed by atoms with E-state index in [0.717, 1.165) is 34.0 Å². The van der Waals surface area contributed by atoms with E-state index in [1.165, 1.54) is 12.8 Å². The molecule has 1 aliphatic rings. The monoisotopic (exact) mass is 449 g/mol. The summed E-state index contributed by atoms with van der Waals surface area (Å²) in [7, 11) is 0. The highest BCUT2D eigenvalue weighted by molar-refractivity contribution is 6.31. The molecule has 7 heteroatoms. The molecule has 0 atom stereocenters. The first kappa shape index (κ1) is 19.5. The van der Waals surface area contributed by atoms with Gasteiger partial charge in [0.05, 0.1) is 46.5 Å². The third-order valence-corrected chi connectivity index (χ3v) is 6.27. The maximum Gasteiger partial charge on any atom is 0.163 e. The zero-order valence-corrected chi connectivity index (χ0v) is 18.1. The molecule has 0 saturated heterocycles. The van der Waals surface area contributed by atoms with Gasteiger partial charge in [-0.15, -0.1) is 0 Å². The van der Waals surface area contributed by atoms with Crippen LogP contribution in [0, 0.1) is 28.6 Å². The zero-order valence-electron chi connectivity index (χ0n) is 17.4. The molecule has 33 heavy (non-hydrogen) atoms. The van der Waals surface area contributed by atoms with Gasteiger partial charge in [-0.05, 0) is 61.2 Å². The Morgan fingerprint density at radius 1 is 0.939 bits per heavy atom. The smallest absolute Gasteiger partial charge is 0.163 e. The molecule has 6 nitrogen and oxygen atoms in total. The van der Waals surface area contributed by atoms with E-state index in [4.69, 9.17) is 26.3 Å². The lowest BCUT2D eigenvalue weighted by atomic mass is 10.0. The highest BCUT2D eigenvalue weighted by atomic mass is 35.5. The topological polar surface area (TPSA) is 98.4 Å². The minimum atomic E-state index is 0.358. The number of H-pyrrole nitrogens is 1. The second-order valence-corrected chi connectivity index (χ2v) is 8.66. The summed E-state index contributed by atoms with van der Waals surface area (Å²) in [6.45, 7) is 0.721. The van der Waals surface area contributed by atoms with E-state index in [1.54, 1.807) is 24.3 Å². The maximum absolute atomic E-state index is 9.62. The third kappa shape index (κ3) is 3.24. The Balaban J connectivity index is 1.65. The average Bonchev–Trinajstić information content (AvgIpc) is 3.58. The fraction of sp³-hybridized carbons (Fsp3) is 0.154. The number of pyridine rings is 1. The number of imidazole rings is 1. The number of hydrogen-bond donors (Lipinski definition) is 1. The van der Waals surface area contributed by atoms with Gasteiger partial charge in [0.25, 0.3) is 0 Å². The van der Waals surface area contributed by atoms with Gasteiger partial charge in [-0.2, -0.15) is 10.5 Å². The van der Waals surface area contributed by atoms with Crippen LogP contribution in [0.25, 0.3) is 44.1 Å². The second kappa shape index (κ2) is 7.48. The number of aromatic amines is 1. The average molecular weight is 450 g/mol. The van der Waals surface area contributed by atoms with Crippen LogP contribution in [0.4, 0.5) is 0 Å². The molecule has 1 fully saturated rings. The number of rotatable bonds is 4. The molecule has 0 unspecified atom stereocenters. The zero-order chi connectivity index (χ0) is 22.5. The summed E-state index contributed by atoms with van der Waals surface area (Å²) in [6, 6.07) is 19.0. The van der Waals surface area contributed by atoms with Crippen LogP contribution in [-0.2, 0) is 0 Å². The summed E-state index contributed by atoms with van der Waals surface area (Å²) in [5.74, 6) is 1.81. The summed E-state index contributed by atoms with van der Waals surface area (Å²) in [4.78, 5) is 12.9. The van der Waals surface area contributed by atoms with Crippen LogP contribution in [0.15, 0.2) is 48.5 Å². The van der Waals surface area contributed by atoms with Gasteiger partial charge < -0.3 is 9.72 Å². The number of benzene rings is 3. The van der Waals surface area contributed by atoms with Crippen LogP contribution in [0.5, 0.6) is 5.75 Å². The quantitative estimate of drug-likeness (QED) is 0.263. The number of aromatic nitrogens is 3. The van der Waals surface area contributed by atoms with Crippen LogP contribution in [0.2, 0.25) is 5.15 Å². The van der Waals surface area contributed by atoms with Crippen molar-refractivity contribution in [3.8, 4) is 29.3 Å². The molecule has 0 radical (unpaired) electrons. The van der Waals surface area contributed by atoms with Crippen molar-refractivity contribution in [1.82, 2.24) is 15.0 Å². The molecule has 5 aromatic rings. The van der Waals surface area contributed by atoms with Crippen molar-refractivity contribution >= 4 is 44.3 Å². The Kier molecular flexibility index (Phi) is 4.43. The van der Waals surface area contributed by atoms with E-state index in [1.807, 2.05) is 24.3 Å². The molecular weight excluding hydrogens is 434 g/mol. The first-order chi connectivity index (χ1) is 16.2. The summed E-state index contributed by atoms with van der Waals surface area (Å²) in [5.41, 5.74) is 3.40. The van der Waals surface area contributed by atoms with Crippen molar-refractivity contribution in [1.29, 1.82) is 10.5 Å². The van der Waals surface area contributed by atoms with Crippen molar-refractivity contribution in [3.63, 3.8) is 0 Å². The lowest BCUT2D eigenvalue weighted by Crippen LogP contribution is -1.98. The van der Waals surface area contributed by atoms with Crippen LogP contribution >= 0.6 is 11.6 Å². The SMILES string of the molecule is N#Cc1cccc(C#N)c1-c1nc2c3ccc(OCC4CC4)cc3c3[nH]c(Cl)ccc3c2n1. The number of ether oxygens (including phenoxy) is 1. The molecule has 6 rings (SSSR count). The third-order valence-electron chi connectivity index (χ3n) is 6.05. The summed E-state index contributed by atoms with van der Waals surface area (Å²) in [5, 5.41) is 22.4. The van der Waals surface area contributed by atoms with Gasteiger partial charge >= 0.3 is 0 Å². The van der Waals surface area contributed by atoms with E-state index < -0.39 is 0 Å². The first-order valence-corrected chi connectivity index (χ1v) is 11.0. The molecule has 0 amide bonds. The van der Waals surface area contributed by atoms with E-state index in [2.05, 4.69) is 17.1 Å². The lowest BCUT2D eigenvalue weighted by molar-refractivity contribution is 0.300. The van der Waals surface area contributed by atoms with Crippen molar-refractivity contribution in [2.45, 2.75) is 12.8 Å². The lowest BCUT2D eigenvalue weighted by Gasteiger charge is -2.10. The second-order valence-electron chi connectivity index (χ2n) is 8.25. The number of hydrogen-bond acceptors (Lipinski definition) is 5. The minimum Gasteiger partial charge on any atom is -0.493 e. The van der Waals surface area contributed by atoms with Gasteiger partial charge in [-0.25, -0.2) is 9.97 Å². The van der Waals surface area contributed by atoms with E-state index in [0.29, 0.717) is 44.6 Å². The number of nitrogens with one attached hydrogen (secondary N) is 1. The van der Waals surface area contributed by atoms with E-state index >= 15 is 0 Å². The molecule has 0 spiro atoms. The molecular formula is C26H16ClN5O. The van der Waals surface area contributed by atoms with Crippen molar-refractivity contribution in [3.05, 3.63) is 64.8 Å². The van der Waals surface area contributed by atoms with Crippen molar-refractivity contribution < 1.29 is 4.74 Å². The predicted octanol–water partition coefficient (Wildman–Crippen LogP) is 6.12.